The zero-order chi connectivity index (χ0) is 16.3. The summed E-state index contributed by atoms with van der Waals surface area (Å²) in [5.41, 5.74) is 0.151. The zero-order valence-corrected chi connectivity index (χ0v) is 13.9. The number of halogens is 1. The van der Waals surface area contributed by atoms with Crippen LogP contribution in [0.25, 0.3) is 0 Å². The Kier molecular flexibility index (Phi) is 5.64. The van der Waals surface area contributed by atoms with Crippen LogP contribution in [0, 0.1) is 5.41 Å². The molecule has 0 amide bonds. The van der Waals surface area contributed by atoms with Crippen LogP contribution in [0.5, 0.6) is 0 Å². The molecule has 0 spiro atoms. The van der Waals surface area contributed by atoms with Gasteiger partial charge in [-0.2, -0.15) is 0 Å². The third-order valence-corrected chi connectivity index (χ3v) is 4.82. The minimum absolute atomic E-state index is 0.105. The highest BCUT2D eigenvalue weighted by Crippen LogP contribution is 2.24. The molecule has 0 heterocycles. The van der Waals surface area contributed by atoms with Gasteiger partial charge in [0.1, 0.15) is 6.54 Å². The normalized spacial score (nSPS) is 12.2. The lowest BCUT2D eigenvalue weighted by atomic mass is 9.94. The first-order valence-corrected chi connectivity index (χ1v) is 8.48. The molecule has 0 aliphatic carbocycles. The number of carboxylic acid groups (broad SMARTS) is 1. The molecule has 0 aliphatic heterocycles. The quantitative estimate of drug-likeness (QED) is 0.868. The predicted octanol–water partition coefficient (Wildman–Crippen LogP) is 3.00. The van der Waals surface area contributed by atoms with E-state index in [-0.39, 0.29) is 11.2 Å². The molecule has 1 aromatic carbocycles. The average molecular weight is 334 g/mol. The van der Waals surface area contributed by atoms with Gasteiger partial charge in [0.25, 0.3) is 0 Å². The van der Waals surface area contributed by atoms with E-state index in [1.165, 1.54) is 24.3 Å². The van der Waals surface area contributed by atoms with Gasteiger partial charge in [-0.3, -0.25) is 9.10 Å². The summed E-state index contributed by atoms with van der Waals surface area (Å²) in [6.07, 6.45) is 0.443. The zero-order valence-electron chi connectivity index (χ0n) is 12.3. The van der Waals surface area contributed by atoms with Crippen molar-refractivity contribution in [1.29, 1.82) is 0 Å². The van der Waals surface area contributed by atoms with Gasteiger partial charge in [0, 0.05) is 5.02 Å². The predicted molar refractivity (Wildman–Crippen MR) is 84.3 cm³/mol. The molecule has 0 aromatic heterocycles. The van der Waals surface area contributed by atoms with Gasteiger partial charge in [-0.15, -0.1) is 0 Å². The fraction of sp³-hybridized carbons (Fsp3) is 0.500. The van der Waals surface area contributed by atoms with Gasteiger partial charge in [0.15, 0.2) is 0 Å². The first-order chi connectivity index (χ1) is 9.51. The van der Waals surface area contributed by atoms with Gasteiger partial charge in [-0.05, 0) is 36.1 Å². The van der Waals surface area contributed by atoms with Crippen molar-refractivity contribution in [3.05, 3.63) is 29.3 Å². The van der Waals surface area contributed by atoms with E-state index in [1.807, 2.05) is 20.8 Å². The van der Waals surface area contributed by atoms with E-state index in [9.17, 15) is 13.2 Å². The van der Waals surface area contributed by atoms with Crippen molar-refractivity contribution in [2.24, 2.45) is 5.41 Å². The lowest BCUT2D eigenvalue weighted by Crippen LogP contribution is -2.38. The Morgan fingerprint density at radius 1 is 1.24 bits per heavy atom. The van der Waals surface area contributed by atoms with Crippen LogP contribution in [-0.2, 0) is 14.8 Å². The van der Waals surface area contributed by atoms with Crippen molar-refractivity contribution < 1.29 is 18.3 Å². The van der Waals surface area contributed by atoms with E-state index in [2.05, 4.69) is 0 Å². The Balaban J connectivity index is 3.06. The summed E-state index contributed by atoms with van der Waals surface area (Å²) in [7, 11) is -3.71. The van der Waals surface area contributed by atoms with E-state index in [4.69, 9.17) is 16.7 Å². The Morgan fingerprint density at radius 3 is 2.19 bits per heavy atom. The maximum Gasteiger partial charge on any atom is 0.324 e. The van der Waals surface area contributed by atoms with Crippen molar-refractivity contribution >= 4 is 33.3 Å². The van der Waals surface area contributed by atoms with Crippen molar-refractivity contribution in [2.45, 2.75) is 27.2 Å². The van der Waals surface area contributed by atoms with Crippen molar-refractivity contribution in [2.75, 3.05) is 16.6 Å². The molecule has 0 bridgehead atoms. The second-order valence-corrected chi connectivity index (χ2v) is 8.45. The third-order valence-electron chi connectivity index (χ3n) is 2.84. The second-order valence-electron chi connectivity index (χ2n) is 6.00. The number of benzene rings is 1. The highest BCUT2D eigenvalue weighted by atomic mass is 35.5. The fourth-order valence-corrected chi connectivity index (χ4v) is 3.59. The Labute approximate surface area is 130 Å². The summed E-state index contributed by atoms with van der Waals surface area (Å²) >= 11 is 5.77. The number of sulfonamides is 1. The minimum Gasteiger partial charge on any atom is -0.480 e. The van der Waals surface area contributed by atoms with Gasteiger partial charge in [0.05, 0.1) is 11.4 Å². The van der Waals surface area contributed by atoms with Crippen LogP contribution in [0.15, 0.2) is 24.3 Å². The van der Waals surface area contributed by atoms with Crippen LogP contribution in [0.2, 0.25) is 5.02 Å². The van der Waals surface area contributed by atoms with Gasteiger partial charge in [0.2, 0.25) is 10.0 Å². The molecule has 0 aliphatic rings. The minimum atomic E-state index is -3.71. The molecule has 1 aromatic rings. The summed E-state index contributed by atoms with van der Waals surface area (Å²) in [4.78, 5) is 11.0. The summed E-state index contributed by atoms with van der Waals surface area (Å²) in [5.74, 6) is -1.31. The maximum absolute atomic E-state index is 12.4. The van der Waals surface area contributed by atoms with Crippen LogP contribution in [0.3, 0.4) is 0 Å². The summed E-state index contributed by atoms with van der Waals surface area (Å²) in [5, 5.41) is 9.42. The Bertz CT molecular complexity index is 590. The molecule has 0 saturated heterocycles. The van der Waals surface area contributed by atoms with Gasteiger partial charge < -0.3 is 5.11 Å². The van der Waals surface area contributed by atoms with Crippen LogP contribution >= 0.6 is 11.6 Å². The number of hydrogen-bond donors (Lipinski definition) is 1. The van der Waals surface area contributed by atoms with Gasteiger partial charge >= 0.3 is 5.97 Å². The monoisotopic (exact) mass is 333 g/mol. The lowest BCUT2D eigenvalue weighted by Gasteiger charge is -2.25. The first kappa shape index (κ1) is 17.8. The van der Waals surface area contributed by atoms with Crippen LogP contribution in [0.4, 0.5) is 5.69 Å². The number of anilines is 1. The molecule has 0 saturated carbocycles. The van der Waals surface area contributed by atoms with Crippen molar-refractivity contribution in [3.8, 4) is 0 Å². The number of rotatable bonds is 6. The molecule has 118 valence electrons. The van der Waals surface area contributed by atoms with Gasteiger partial charge in [-0.1, -0.05) is 32.4 Å². The number of carboxylic acids is 1. The average Bonchev–Trinajstić information content (AvgIpc) is 2.34. The number of nitrogens with zero attached hydrogens (tertiary/aromatic N) is 1. The first-order valence-electron chi connectivity index (χ1n) is 6.49. The largest absolute Gasteiger partial charge is 0.480 e. The van der Waals surface area contributed by atoms with Crippen LogP contribution in [-0.4, -0.2) is 31.8 Å². The fourth-order valence-electron chi connectivity index (χ4n) is 1.63. The third kappa shape index (κ3) is 5.93. The highest BCUT2D eigenvalue weighted by Gasteiger charge is 2.26. The highest BCUT2D eigenvalue weighted by molar-refractivity contribution is 7.92. The smallest absolute Gasteiger partial charge is 0.324 e. The molecule has 0 fully saturated rings. The number of aliphatic carboxylic acids is 1. The van der Waals surface area contributed by atoms with E-state index in [0.717, 1.165) is 4.31 Å². The van der Waals surface area contributed by atoms with E-state index in [0.29, 0.717) is 17.1 Å². The molecule has 0 unspecified atom stereocenters. The van der Waals surface area contributed by atoms with E-state index >= 15 is 0 Å². The standard InChI is InChI=1S/C14H20ClNO4S/c1-14(2,3)8-9-21(19,20)16(10-13(17)18)12-6-4-11(15)5-7-12/h4-7H,8-10H2,1-3H3,(H,17,18). The summed E-state index contributed by atoms with van der Waals surface area (Å²) in [6.45, 7) is 5.21. The van der Waals surface area contributed by atoms with Crippen molar-refractivity contribution in [3.63, 3.8) is 0 Å². The van der Waals surface area contributed by atoms with Crippen molar-refractivity contribution in [1.82, 2.24) is 0 Å². The summed E-state index contributed by atoms with van der Waals surface area (Å²) in [6, 6.07) is 6.07. The van der Waals surface area contributed by atoms with E-state index in [1.54, 1.807) is 0 Å². The number of carbonyl (C=O) groups is 1. The van der Waals surface area contributed by atoms with Crippen LogP contribution in [0.1, 0.15) is 27.2 Å². The second kappa shape index (κ2) is 6.66. The van der Waals surface area contributed by atoms with Crippen LogP contribution < -0.4 is 4.31 Å². The Morgan fingerprint density at radius 2 is 1.76 bits per heavy atom. The molecule has 5 nitrogen and oxygen atoms in total. The van der Waals surface area contributed by atoms with E-state index < -0.39 is 22.5 Å². The SMILES string of the molecule is CC(C)(C)CCS(=O)(=O)N(CC(=O)O)c1ccc(Cl)cc1. The molecule has 1 N–H and O–H groups in total. The molecule has 21 heavy (non-hydrogen) atoms. The maximum atomic E-state index is 12.4. The molecular formula is C14H20ClNO4S. The summed E-state index contributed by atoms with van der Waals surface area (Å²) < 4.78 is 25.8. The Hall–Kier alpha value is -1.27. The topological polar surface area (TPSA) is 74.7 Å². The molecule has 0 atom stereocenters. The van der Waals surface area contributed by atoms with Gasteiger partial charge in [-0.25, -0.2) is 8.42 Å². The molecule has 7 heteroatoms. The number of hydrogen-bond acceptors (Lipinski definition) is 3. The molecular weight excluding hydrogens is 314 g/mol. The molecule has 1 rings (SSSR count). The lowest BCUT2D eigenvalue weighted by molar-refractivity contribution is -0.135. The molecule has 0 radical (unpaired) electrons.